The van der Waals surface area contributed by atoms with Gasteiger partial charge in [-0.25, -0.2) is 9.55 Å². The van der Waals surface area contributed by atoms with E-state index in [1.54, 1.807) is 6.07 Å². The SMILES string of the molecule is C[n+]1cccc2c(C=Cc3ccc4cccc(O)c4n3)cccc21. The zero-order valence-corrected chi connectivity index (χ0v) is 13.3. The lowest BCUT2D eigenvalue weighted by Gasteiger charge is -2.02. The van der Waals surface area contributed by atoms with E-state index in [4.69, 9.17) is 0 Å². The monoisotopic (exact) mass is 313 g/mol. The lowest BCUT2D eigenvalue weighted by molar-refractivity contribution is -0.644. The van der Waals surface area contributed by atoms with E-state index in [1.165, 1.54) is 10.9 Å². The maximum atomic E-state index is 9.96. The maximum Gasteiger partial charge on any atom is 0.212 e. The number of pyridine rings is 2. The van der Waals surface area contributed by atoms with Crippen LogP contribution in [0.5, 0.6) is 5.75 Å². The first-order valence-corrected chi connectivity index (χ1v) is 7.86. The van der Waals surface area contributed by atoms with Gasteiger partial charge in [-0.15, -0.1) is 0 Å². The van der Waals surface area contributed by atoms with Gasteiger partial charge in [0.15, 0.2) is 6.20 Å². The number of fused-ring (bicyclic) bond motifs is 2. The second-order valence-corrected chi connectivity index (χ2v) is 5.82. The number of hydrogen-bond donors (Lipinski definition) is 1. The first kappa shape index (κ1) is 14.4. The van der Waals surface area contributed by atoms with Crippen molar-refractivity contribution in [1.82, 2.24) is 4.98 Å². The van der Waals surface area contributed by atoms with Crippen LogP contribution in [0.1, 0.15) is 11.3 Å². The molecule has 24 heavy (non-hydrogen) atoms. The molecule has 0 radical (unpaired) electrons. The van der Waals surface area contributed by atoms with Crippen LogP contribution in [0.2, 0.25) is 0 Å². The molecule has 0 unspecified atom stereocenters. The molecule has 0 atom stereocenters. The average molecular weight is 313 g/mol. The number of aryl methyl sites for hydroxylation is 1. The molecule has 3 nitrogen and oxygen atoms in total. The molecule has 0 aliphatic heterocycles. The molecule has 2 heterocycles. The Labute approximate surface area is 140 Å². The molecule has 0 saturated heterocycles. The number of phenols is 1. The highest BCUT2D eigenvalue weighted by molar-refractivity contribution is 5.90. The number of aromatic hydroxyl groups is 1. The van der Waals surface area contributed by atoms with Crippen molar-refractivity contribution in [2.45, 2.75) is 0 Å². The van der Waals surface area contributed by atoms with E-state index >= 15 is 0 Å². The Balaban J connectivity index is 1.78. The van der Waals surface area contributed by atoms with Crippen molar-refractivity contribution >= 4 is 34.0 Å². The summed E-state index contributed by atoms with van der Waals surface area (Å²) in [6, 6.07) is 19.8. The topological polar surface area (TPSA) is 37.0 Å². The standard InChI is InChI=1S/C21H16N2O/c1-23-14-4-7-18-15(5-2-8-19(18)23)10-12-17-13-11-16-6-3-9-20(24)21(16)22-17/h2-14H,1H3/p+1. The fraction of sp³-hybridized carbons (Fsp3) is 0.0476. The third-order valence-corrected chi connectivity index (χ3v) is 4.22. The molecule has 4 aromatic rings. The van der Waals surface area contributed by atoms with Gasteiger partial charge in [-0.05, 0) is 29.8 Å². The first-order valence-electron chi connectivity index (χ1n) is 7.86. The van der Waals surface area contributed by atoms with Crippen LogP contribution in [0, 0.1) is 0 Å². The number of para-hydroxylation sites is 1. The third kappa shape index (κ3) is 2.50. The number of nitrogens with zero attached hydrogens (tertiary/aromatic N) is 2. The van der Waals surface area contributed by atoms with Crippen LogP contribution in [0.15, 0.2) is 66.9 Å². The highest BCUT2D eigenvalue weighted by Gasteiger charge is 2.06. The van der Waals surface area contributed by atoms with Crippen molar-refractivity contribution in [3.8, 4) is 5.75 Å². The molecule has 116 valence electrons. The molecule has 1 N–H and O–H groups in total. The highest BCUT2D eigenvalue weighted by atomic mass is 16.3. The number of rotatable bonds is 2. The van der Waals surface area contributed by atoms with Crippen molar-refractivity contribution in [3.63, 3.8) is 0 Å². The minimum atomic E-state index is 0.208. The number of phenolic OH excluding ortho intramolecular Hbond substituents is 1. The van der Waals surface area contributed by atoms with Gasteiger partial charge >= 0.3 is 0 Å². The predicted octanol–water partition coefficient (Wildman–Crippen LogP) is 4.09. The van der Waals surface area contributed by atoms with E-state index in [-0.39, 0.29) is 5.75 Å². The van der Waals surface area contributed by atoms with Gasteiger partial charge in [0, 0.05) is 17.5 Å². The van der Waals surface area contributed by atoms with Crippen molar-refractivity contribution in [2.75, 3.05) is 0 Å². The predicted molar refractivity (Wildman–Crippen MR) is 97.5 cm³/mol. The summed E-state index contributed by atoms with van der Waals surface area (Å²) in [5.74, 6) is 0.208. The Kier molecular flexibility index (Phi) is 3.47. The van der Waals surface area contributed by atoms with Crippen LogP contribution in [0.25, 0.3) is 34.0 Å². The minimum Gasteiger partial charge on any atom is -0.506 e. The molecular weight excluding hydrogens is 296 g/mol. The highest BCUT2D eigenvalue weighted by Crippen LogP contribution is 2.23. The summed E-state index contributed by atoms with van der Waals surface area (Å²) in [6.07, 6.45) is 6.09. The molecule has 0 aliphatic carbocycles. The summed E-state index contributed by atoms with van der Waals surface area (Å²) in [7, 11) is 2.05. The van der Waals surface area contributed by atoms with Gasteiger partial charge < -0.3 is 5.11 Å². The fourth-order valence-corrected chi connectivity index (χ4v) is 2.97. The van der Waals surface area contributed by atoms with Gasteiger partial charge in [0.2, 0.25) is 5.52 Å². The van der Waals surface area contributed by atoms with Crippen LogP contribution in [-0.2, 0) is 7.05 Å². The second kappa shape index (κ2) is 5.78. The summed E-state index contributed by atoms with van der Waals surface area (Å²) in [5.41, 5.74) is 3.77. The average Bonchev–Trinajstić information content (AvgIpc) is 2.61. The summed E-state index contributed by atoms with van der Waals surface area (Å²) in [5, 5.41) is 12.1. The molecule has 2 aromatic heterocycles. The Bertz CT molecular complexity index is 1080. The van der Waals surface area contributed by atoms with Crippen LogP contribution in [0.3, 0.4) is 0 Å². The van der Waals surface area contributed by atoms with Gasteiger partial charge in [-0.1, -0.05) is 36.4 Å². The molecule has 0 amide bonds. The number of aromatic nitrogens is 2. The third-order valence-electron chi connectivity index (χ3n) is 4.22. The van der Waals surface area contributed by atoms with Crippen LogP contribution in [-0.4, -0.2) is 10.1 Å². The number of hydrogen-bond acceptors (Lipinski definition) is 2. The molecule has 0 spiro atoms. The summed E-state index contributed by atoms with van der Waals surface area (Å²) >= 11 is 0. The van der Waals surface area contributed by atoms with E-state index in [1.807, 2.05) is 49.7 Å². The molecule has 2 aromatic carbocycles. The Morgan fingerprint density at radius 1 is 0.917 bits per heavy atom. The zero-order valence-electron chi connectivity index (χ0n) is 13.3. The van der Waals surface area contributed by atoms with E-state index in [9.17, 15) is 5.11 Å². The van der Waals surface area contributed by atoms with Crippen LogP contribution >= 0.6 is 0 Å². The smallest absolute Gasteiger partial charge is 0.212 e. The zero-order chi connectivity index (χ0) is 16.5. The van der Waals surface area contributed by atoms with E-state index < -0.39 is 0 Å². The van der Waals surface area contributed by atoms with Gasteiger partial charge in [-0.2, -0.15) is 0 Å². The molecular formula is C21H17N2O+. The molecule has 0 aliphatic rings. The van der Waals surface area contributed by atoms with Crippen LogP contribution in [0.4, 0.5) is 0 Å². The maximum absolute atomic E-state index is 9.96. The molecule has 0 saturated carbocycles. The van der Waals surface area contributed by atoms with Gasteiger partial charge in [0.05, 0.1) is 11.1 Å². The van der Waals surface area contributed by atoms with Crippen molar-refractivity contribution < 1.29 is 9.67 Å². The Morgan fingerprint density at radius 2 is 1.79 bits per heavy atom. The molecule has 0 bridgehead atoms. The van der Waals surface area contributed by atoms with E-state index in [0.29, 0.717) is 5.52 Å². The van der Waals surface area contributed by atoms with Gasteiger partial charge in [0.25, 0.3) is 0 Å². The first-order chi connectivity index (χ1) is 11.7. The normalized spacial score (nSPS) is 11.5. The van der Waals surface area contributed by atoms with Gasteiger partial charge in [0.1, 0.15) is 18.3 Å². The van der Waals surface area contributed by atoms with Crippen LogP contribution < -0.4 is 4.57 Å². The van der Waals surface area contributed by atoms with Crippen molar-refractivity contribution in [3.05, 3.63) is 78.1 Å². The summed E-state index contributed by atoms with van der Waals surface area (Å²) in [4.78, 5) is 4.55. The summed E-state index contributed by atoms with van der Waals surface area (Å²) < 4.78 is 2.11. The lowest BCUT2D eigenvalue weighted by Crippen LogP contribution is -2.27. The lowest BCUT2D eigenvalue weighted by atomic mass is 10.1. The summed E-state index contributed by atoms with van der Waals surface area (Å²) in [6.45, 7) is 0. The molecule has 0 fully saturated rings. The molecule has 3 heteroatoms. The van der Waals surface area contributed by atoms with Crippen molar-refractivity contribution in [2.24, 2.45) is 7.05 Å². The van der Waals surface area contributed by atoms with E-state index in [2.05, 4.69) is 39.9 Å². The van der Waals surface area contributed by atoms with Crippen molar-refractivity contribution in [1.29, 1.82) is 0 Å². The minimum absolute atomic E-state index is 0.208. The Morgan fingerprint density at radius 3 is 2.71 bits per heavy atom. The molecule has 4 rings (SSSR count). The number of benzene rings is 2. The fourth-order valence-electron chi connectivity index (χ4n) is 2.97. The van der Waals surface area contributed by atoms with E-state index in [0.717, 1.165) is 16.6 Å². The largest absolute Gasteiger partial charge is 0.506 e. The quantitative estimate of drug-likeness (QED) is 0.566. The van der Waals surface area contributed by atoms with Gasteiger partial charge in [-0.3, -0.25) is 0 Å². The Hall–Kier alpha value is -3.20. The second-order valence-electron chi connectivity index (χ2n) is 5.82.